The average Bonchev–Trinajstić information content (AvgIpc) is 2.60. The molecule has 3 aromatic rings. The molecule has 0 radical (unpaired) electrons. The van der Waals surface area contributed by atoms with E-state index < -0.39 is 5.97 Å². The molecule has 1 N–H and O–H groups in total. The number of esters is 1. The Hall–Kier alpha value is -3.14. The van der Waals surface area contributed by atoms with Crippen LogP contribution in [-0.4, -0.2) is 19.0 Å². The van der Waals surface area contributed by atoms with E-state index in [-0.39, 0.29) is 5.91 Å². The standard InChI is InChI=1S/C20H17NO3/c1-13(22)21-19-12-17-10-15(14-6-4-3-5-7-14)8-9-16(17)11-18(19)20(23)24-2/h3-12H,1-2H3,(H,21,22). The van der Waals surface area contributed by atoms with E-state index in [0.29, 0.717) is 11.3 Å². The van der Waals surface area contributed by atoms with E-state index in [4.69, 9.17) is 4.74 Å². The number of anilines is 1. The predicted molar refractivity (Wildman–Crippen MR) is 95.0 cm³/mol. The molecule has 3 aromatic carbocycles. The first kappa shape index (κ1) is 15.7. The lowest BCUT2D eigenvalue weighted by atomic mass is 9.99. The zero-order chi connectivity index (χ0) is 17.1. The number of carbonyl (C=O) groups excluding carboxylic acids is 2. The Morgan fingerprint density at radius 1 is 0.875 bits per heavy atom. The molecule has 0 bridgehead atoms. The maximum absolute atomic E-state index is 12.0. The highest BCUT2D eigenvalue weighted by atomic mass is 16.5. The summed E-state index contributed by atoms with van der Waals surface area (Å²) >= 11 is 0. The Morgan fingerprint density at radius 3 is 2.29 bits per heavy atom. The van der Waals surface area contributed by atoms with Gasteiger partial charge in [-0.2, -0.15) is 0 Å². The summed E-state index contributed by atoms with van der Waals surface area (Å²) in [6, 6.07) is 19.6. The summed E-state index contributed by atoms with van der Waals surface area (Å²) in [6.45, 7) is 1.41. The molecular weight excluding hydrogens is 302 g/mol. The quantitative estimate of drug-likeness (QED) is 0.734. The fourth-order valence-electron chi connectivity index (χ4n) is 2.68. The molecule has 0 spiro atoms. The number of methoxy groups -OCH3 is 1. The van der Waals surface area contributed by atoms with Crippen LogP contribution in [0, 0.1) is 0 Å². The third kappa shape index (κ3) is 3.13. The van der Waals surface area contributed by atoms with Crippen molar-refractivity contribution in [2.24, 2.45) is 0 Å². The van der Waals surface area contributed by atoms with Crippen molar-refractivity contribution < 1.29 is 14.3 Å². The lowest BCUT2D eigenvalue weighted by Gasteiger charge is -2.11. The molecule has 0 aliphatic carbocycles. The van der Waals surface area contributed by atoms with Crippen molar-refractivity contribution in [3.63, 3.8) is 0 Å². The third-order valence-corrected chi connectivity index (χ3v) is 3.80. The van der Waals surface area contributed by atoms with E-state index >= 15 is 0 Å². The molecule has 0 saturated carbocycles. The van der Waals surface area contributed by atoms with E-state index in [1.54, 1.807) is 12.1 Å². The topological polar surface area (TPSA) is 55.4 Å². The van der Waals surface area contributed by atoms with Gasteiger partial charge < -0.3 is 10.1 Å². The van der Waals surface area contributed by atoms with E-state index in [9.17, 15) is 9.59 Å². The number of fused-ring (bicyclic) bond motifs is 1. The fraction of sp³-hybridized carbons (Fsp3) is 0.100. The minimum Gasteiger partial charge on any atom is -0.465 e. The highest BCUT2D eigenvalue weighted by Crippen LogP contribution is 2.29. The summed E-state index contributed by atoms with van der Waals surface area (Å²) in [5.41, 5.74) is 2.97. The molecule has 0 aromatic heterocycles. The Morgan fingerprint density at radius 2 is 1.62 bits per heavy atom. The van der Waals surface area contributed by atoms with Gasteiger partial charge in [0.1, 0.15) is 0 Å². The summed E-state index contributed by atoms with van der Waals surface area (Å²) in [4.78, 5) is 23.4. The van der Waals surface area contributed by atoms with E-state index in [1.807, 2.05) is 48.5 Å². The zero-order valence-corrected chi connectivity index (χ0v) is 13.5. The van der Waals surface area contributed by atoms with Crippen molar-refractivity contribution in [2.45, 2.75) is 6.92 Å². The minimum absolute atomic E-state index is 0.237. The van der Waals surface area contributed by atoms with Gasteiger partial charge in [-0.3, -0.25) is 4.79 Å². The Balaban J connectivity index is 2.16. The molecule has 0 heterocycles. The normalized spacial score (nSPS) is 10.4. The van der Waals surface area contributed by atoms with Crippen LogP contribution in [0.25, 0.3) is 21.9 Å². The summed E-state index contributed by atoms with van der Waals surface area (Å²) in [5.74, 6) is -0.716. The summed E-state index contributed by atoms with van der Waals surface area (Å²) in [7, 11) is 1.32. The number of hydrogen-bond acceptors (Lipinski definition) is 3. The maximum atomic E-state index is 12.0. The highest BCUT2D eigenvalue weighted by molar-refractivity contribution is 6.06. The molecule has 1 amide bonds. The summed E-state index contributed by atoms with van der Waals surface area (Å²) < 4.78 is 4.81. The van der Waals surface area contributed by atoms with Crippen LogP contribution in [0.1, 0.15) is 17.3 Å². The molecule has 24 heavy (non-hydrogen) atoms. The van der Waals surface area contributed by atoms with Crippen LogP contribution in [0.3, 0.4) is 0 Å². The molecule has 3 rings (SSSR count). The van der Waals surface area contributed by atoms with Crippen molar-refractivity contribution >= 4 is 28.3 Å². The molecule has 4 heteroatoms. The molecule has 0 unspecified atom stereocenters. The molecule has 120 valence electrons. The van der Waals surface area contributed by atoms with Gasteiger partial charge in [0.2, 0.25) is 5.91 Å². The van der Waals surface area contributed by atoms with Gasteiger partial charge in [0.05, 0.1) is 18.4 Å². The number of ether oxygens (including phenoxy) is 1. The Labute approximate surface area is 140 Å². The van der Waals surface area contributed by atoms with E-state index in [0.717, 1.165) is 21.9 Å². The Kier molecular flexibility index (Phi) is 4.29. The molecule has 0 aliphatic rings. The van der Waals surface area contributed by atoms with Crippen molar-refractivity contribution in [2.75, 3.05) is 12.4 Å². The van der Waals surface area contributed by atoms with Crippen molar-refractivity contribution in [3.05, 3.63) is 66.2 Å². The van der Waals surface area contributed by atoms with Crippen molar-refractivity contribution in [1.82, 2.24) is 0 Å². The van der Waals surface area contributed by atoms with Crippen LogP contribution in [0.5, 0.6) is 0 Å². The minimum atomic E-state index is -0.479. The van der Waals surface area contributed by atoms with Gasteiger partial charge in [0.25, 0.3) is 0 Å². The van der Waals surface area contributed by atoms with Crippen molar-refractivity contribution in [1.29, 1.82) is 0 Å². The number of nitrogens with one attached hydrogen (secondary N) is 1. The maximum Gasteiger partial charge on any atom is 0.339 e. The lowest BCUT2D eigenvalue weighted by molar-refractivity contribution is -0.114. The van der Waals surface area contributed by atoms with Crippen LogP contribution in [0.4, 0.5) is 5.69 Å². The van der Waals surface area contributed by atoms with Gasteiger partial charge in [-0.25, -0.2) is 4.79 Å². The number of amides is 1. The van der Waals surface area contributed by atoms with Gasteiger partial charge >= 0.3 is 5.97 Å². The van der Waals surface area contributed by atoms with E-state index in [2.05, 4.69) is 5.32 Å². The molecule has 0 saturated heterocycles. The third-order valence-electron chi connectivity index (χ3n) is 3.80. The first-order valence-corrected chi connectivity index (χ1v) is 7.57. The van der Waals surface area contributed by atoms with Crippen LogP contribution >= 0.6 is 0 Å². The highest BCUT2D eigenvalue weighted by Gasteiger charge is 2.14. The van der Waals surface area contributed by atoms with Gasteiger partial charge in [0, 0.05) is 6.92 Å². The summed E-state index contributed by atoms with van der Waals surface area (Å²) in [5, 5.41) is 4.54. The Bertz CT molecular complexity index is 917. The average molecular weight is 319 g/mol. The SMILES string of the molecule is COC(=O)c1cc2ccc(-c3ccccc3)cc2cc1NC(C)=O. The first-order valence-electron chi connectivity index (χ1n) is 7.57. The molecule has 0 aliphatic heterocycles. The summed E-state index contributed by atoms with van der Waals surface area (Å²) in [6.07, 6.45) is 0. The number of carbonyl (C=O) groups is 2. The predicted octanol–water partition coefficient (Wildman–Crippen LogP) is 4.25. The van der Waals surface area contributed by atoms with Crippen LogP contribution < -0.4 is 5.32 Å². The van der Waals surface area contributed by atoms with Gasteiger partial charge in [-0.15, -0.1) is 0 Å². The van der Waals surface area contributed by atoms with Gasteiger partial charge in [-0.1, -0.05) is 42.5 Å². The molecule has 0 atom stereocenters. The second kappa shape index (κ2) is 6.54. The fourth-order valence-corrected chi connectivity index (χ4v) is 2.68. The first-order chi connectivity index (χ1) is 11.6. The van der Waals surface area contributed by atoms with Gasteiger partial charge in [0.15, 0.2) is 0 Å². The van der Waals surface area contributed by atoms with Crippen LogP contribution in [0.15, 0.2) is 60.7 Å². The number of rotatable bonds is 3. The second-order valence-corrected chi connectivity index (χ2v) is 5.50. The molecular formula is C20H17NO3. The largest absolute Gasteiger partial charge is 0.465 e. The number of hydrogen-bond donors (Lipinski definition) is 1. The van der Waals surface area contributed by atoms with Crippen molar-refractivity contribution in [3.8, 4) is 11.1 Å². The smallest absolute Gasteiger partial charge is 0.339 e. The second-order valence-electron chi connectivity index (χ2n) is 5.50. The monoisotopic (exact) mass is 319 g/mol. The lowest BCUT2D eigenvalue weighted by Crippen LogP contribution is -2.12. The van der Waals surface area contributed by atoms with Crippen LogP contribution in [0.2, 0.25) is 0 Å². The van der Waals surface area contributed by atoms with Gasteiger partial charge in [-0.05, 0) is 40.1 Å². The zero-order valence-electron chi connectivity index (χ0n) is 13.5. The van der Waals surface area contributed by atoms with E-state index in [1.165, 1.54) is 14.0 Å². The number of benzene rings is 3. The van der Waals surface area contributed by atoms with Crippen LogP contribution in [-0.2, 0) is 9.53 Å². The molecule has 0 fully saturated rings. The molecule has 4 nitrogen and oxygen atoms in total.